The van der Waals surface area contributed by atoms with Gasteiger partial charge in [-0.1, -0.05) is 30.3 Å². The fraction of sp³-hybridized carbons (Fsp3) is 0.316. The number of halogens is 3. The molecule has 0 bridgehead atoms. The molecule has 1 aliphatic carbocycles. The van der Waals surface area contributed by atoms with Gasteiger partial charge in [0.2, 0.25) is 0 Å². The van der Waals surface area contributed by atoms with Crippen LogP contribution in [-0.2, 0) is 6.54 Å². The van der Waals surface area contributed by atoms with Crippen LogP contribution in [0.2, 0.25) is 0 Å². The van der Waals surface area contributed by atoms with E-state index >= 15 is 0 Å². The van der Waals surface area contributed by atoms with Gasteiger partial charge in [-0.3, -0.25) is 0 Å². The number of nitrogens with zero attached hydrogens (tertiary/aromatic N) is 1. The van der Waals surface area contributed by atoms with Gasteiger partial charge < -0.3 is 10.2 Å². The Kier molecular flexibility index (Phi) is 4.97. The molecular weight excluding hydrogens is 329 g/mol. The van der Waals surface area contributed by atoms with Crippen molar-refractivity contribution >= 4 is 11.7 Å². The minimum atomic E-state index is -1.59. The van der Waals surface area contributed by atoms with E-state index in [0.717, 1.165) is 30.5 Å². The summed E-state index contributed by atoms with van der Waals surface area (Å²) in [6.07, 6.45) is 2.08. The summed E-state index contributed by atoms with van der Waals surface area (Å²) >= 11 is 0. The minimum Gasteiger partial charge on any atom is -0.317 e. The highest BCUT2D eigenvalue weighted by molar-refractivity contribution is 5.89. The molecule has 1 aliphatic rings. The van der Waals surface area contributed by atoms with Crippen LogP contribution >= 0.6 is 0 Å². The Morgan fingerprint density at radius 1 is 1.12 bits per heavy atom. The predicted octanol–water partition coefficient (Wildman–Crippen LogP) is 4.94. The molecule has 25 heavy (non-hydrogen) atoms. The van der Waals surface area contributed by atoms with Crippen molar-refractivity contribution in [3.05, 3.63) is 65.5 Å². The molecule has 1 atom stereocenters. The summed E-state index contributed by atoms with van der Waals surface area (Å²) in [5.74, 6) is -3.87. The average Bonchev–Trinajstić information content (AvgIpc) is 3.45. The first-order valence-electron chi connectivity index (χ1n) is 8.22. The Labute approximate surface area is 144 Å². The highest BCUT2D eigenvalue weighted by atomic mass is 19.2. The van der Waals surface area contributed by atoms with Crippen LogP contribution < -0.4 is 5.32 Å². The molecule has 2 aromatic carbocycles. The lowest BCUT2D eigenvalue weighted by molar-refractivity contribution is 0.180. The van der Waals surface area contributed by atoms with Crippen molar-refractivity contribution in [2.45, 2.75) is 32.4 Å². The van der Waals surface area contributed by atoms with Gasteiger partial charge in [-0.05, 0) is 43.4 Å². The number of hydrogen-bond acceptors (Lipinski definition) is 1. The average molecular weight is 348 g/mol. The Hall–Kier alpha value is -2.50. The molecule has 0 spiro atoms. The second-order valence-corrected chi connectivity index (χ2v) is 6.34. The van der Waals surface area contributed by atoms with Gasteiger partial charge in [0.1, 0.15) is 0 Å². The van der Waals surface area contributed by atoms with Gasteiger partial charge >= 0.3 is 6.03 Å². The molecule has 0 heterocycles. The van der Waals surface area contributed by atoms with Gasteiger partial charge in [0.05, 0.1) is 5.69 Å². The van der Waals surface area contributed by atoms with Gasteiger partial charge in [-0.2, -0.15) is 0 Å². The SMILES string of the molecule is CC(C1CC1)N(Cc1ccccc1)C(=O)Nc1ccc(F)c(F)c1F. The van der Waals surface area contributed by atoms with Crippen LogP contribution in [0.15, 0.2) is 42.5 Å². The van der Waals surface area contributed by atoms with E-state index in [1.807, 2.05) is 37.3 Å². The van der Waals surface area contributed by atoms with Crippen LogP contribution in [0, 0.1) is 23.4 Å². The predicted molar refractivity (Wildman–Crippen MR) is 89.5 cm³/mol. The molecule has 0 saturated heterocycles. The Morgan fingerprint density at radius 3 is 2.44 bits per heavy atom. The van der Waals surface area contributed by atoms with E-state index < -0.39 is 23.5 Å². The van der Waals surface area contributed by atoms with Crippen molar-refractivity contribution in [2.24, 2.45) is 5.92 Å². The molecule has 0 aromatic heterocycles. The van der Waals surface area contributed by atoms with E-state index in [4.69, 9.17) is 0 Å². The first kappa shape index (κ1) is 17.3. The lowest BCUT2D eigenvalue weighted by Crippen LogP contribution is -2.42. The summed E-state index contributed by atoms with van der Waals surface area (Å²) in [5.41, 5.74) is 0.570. The summed E-state index contributed by atoms with van der Waals surface area (Å²) in [4.78, 5) is 14.3. The van der Waals surface area contributed by atoms with E-state index in [0.29, 0.717) is 12.5 Å². The van der Waals surface area contributed by atoms with Crippen LogP contribution in [0.5, 0.6) is 0 Å². The molecule has 3 rings (SSSR count). The van der Waals surface area contributed by atoms with Gasteiger partial charge in [0, 0.05) is 12.6 Å². The molecule has 2 aromatic rings. The molecule has 0 aliphatic heterocycles. The van der Waals surface area contributed by atoms with Gasteiger partial charge in [-0.15, -0.1) is 0 Å². The standard InChI is InChI=1S/C19H19F3N2O/c1-12(14-7-8-14)24(11-13-5-3-2-4-6-13)19(25)23-16-10-9-15(20)17(21)18(16)22/h2-6,9-10,12,14H,7-8,11H2,1H3,(H,23,25). The Bertz CT molecular complexity index is 763. The van der Waals surface area contributed by atoms with Crippen LogP contribution in [0.3, 0.4) is 0 Å². The number of urea groups is 1. The summed E-state index contributed by atoms with van der Waals surface area (Å²) in [5, 5.41) is 2.37. The summed E-state index contributed by atoms with van der Waals surface area (Å²) in [7, 11) is 0. The monoisotopic (exact) mass is 348 g/mol. The van der Waals surface area contributed by atoms with Gasteiger partial charge in [0.15, 0.2) is 17.5 Å². The van der Waals surface area contributed by atoms with Crippen molar-refractivity contribution < 1.29 is 18.0 Å². The number of nitrogens with one attached hydrogen (secondary N) is 1. The fourth-order valence-electron chi connectivity index (χ4n) is 2.82. The highest BCUT2D eigenvalue weighted by Crippen LogP contribution is 2.36. The molecule has 1 fully saturated rings. The van der Waals surface area contributed by atoms with Crippen molar-refractivity contribution in [1.82, 2.24) is 4.90 Å². The maximum absolute atomic E-state index is 13.8. The summed E-state index contributed by atoms with van der Waals surface area (Å²) in [6, 6.07) is 10.7. The normalized spacial score (nSPS) is 14.9. The lowest BCUT2D eigenvalue weighted by atomic mass is 10.1. The zero-order valence-corrected chi connectivity index (χ0v) is 13.8. The van der Waals surface area contributed by atoms with E-state index in [2.05, 4.69) is 5.32 Å². The first-order valence-corrected chi connectivity index (χ1v) is 8.22. The summed E-state index contributed by atoms with van der Waals surface area (Å²) in [6.45, 7) is 2.30. The number of hydrogen-bond donors (Lipinski definition) is 1. The van der Waals surface area contributed by atoms with Crippen molar-refractivity contribution in [2.75, 3.05) is 5.32 Å². The molecule has 6 heteroatoms. The fourth-order valence-corrected chi connectivity index (χ4v) is 2.82. The second-order valence-electron chi connectivity index (χ2n) is 6.34. The van der Waals surface area contributed by atoms with E-state index in [1.54, 1.807) is 4.90 Å². The molecule has 0 radical (unpaired) electrons. The van der Waals surface area contributed by atoms with Gasteiger partial charge in [-0.25, -0.2) is 18.0 Å². The third-order valence-electron chi connectivity index (χ3n) is 4.53. The maximum Gasteiger partial charge on any atom is 0.322 e. The molecule has 1 N–H and O–H groups in total. The lowest BCUT2D eigenvalue weighted by Gasteiger charge is -2.30. The topological polar surface area (TPSA) is 32.3 Å². The van der Waals surface area contributed by atoms with Crippen molar-refractivity contribution in [3.63, 3.8) is 0 Å². The number of benzene rings is 2. The second kappa shape index (κ2) is 7.17. The third-order valence-corrected chi connectivity index (χ3v) is 4.53. The van der Waals surface area contributed by atoms with E-state index in [9.17, 15) is 18.0 Å². The molecular formula is C19H19F3N2O. The minimum absolute atomic E-state index is 0.0337. The number of carbonyl (C=O) groups is 1. The Balaban J connectivity index is 1.80. The quantitative estimate of drug-likeness (QED) is 0.763. The molecule has 2 amide bonds. The summed E-state index contributed by atoms with van der Waals surface area (Å²) < 4.78 is 40.3. The van der Waals surface area contributed by atoms with Crippen LogP contribution in [0.4, 0.5) is 23.7 Å². The van der Waals surface area contributed by atoms with Crippen LogP contribution in [0.25, 0.3) is 0 Å². The smallest absolute Gasteiger partial charge is 0.317 e. The zero-order valence-electron chi connectivity index (χ0n) is 13.8. The highest BCUT2D eigenvalue weighted by Gasteiger charge is 2.34. The van der Waals surface area contributed by atoms with Crippen molar-refractivity contribution in [3.8, 4) is 0 Å². The number of amides is 2. The molecule has 1 saturated carbocycles. The largest absolute Gasteiger partial charge is 0.322 e. The zero-order chi connectivity index (χ0) is 18.0. The molecule has 3 nitrogen and oxygen atoms in total. The van der Waals surface area contributed by atoms with E-state index in [-0.39, 0.29) is 11.7 Å². The van der Waals surface area contributed by atoms with E-state index in [1.165, 1.54) is 0 Å². The molecule has 132 valence electrons. The van der Waals surface area contributed by atoms with Crippen molar-refractivity contribution in [1.29, 1.82) is 0 Å². The Morgan fingerprint density at radius 2 is 1.80 bits per heavy atom. The number of anilines is 1. The first-order chi connectivity index (χ1) is 12.0. The number of rotatable bonds is 5. The maximum atomic E-state index is 13.8. The van der Waals surface area contributed by atoms with Crippen LogP contribution in [0.1, 0.15) is 25.3 Å². The third kappa shape index (κ3) is 3.95. The molecule has 1 unspecified atom stereocenters. The number of carbonyl (C=O) groups excluding carboxylic acids is 1. The van der Waals surface area contributed by atoms with Crippen LogP contribution in [-0.4, -0.2) is 17.0 Å². The van der Waals surface area contributed by atoms with Gasteiger partial charge in [0.25, 0.3) is 0 Å².